The smallest absolute Gasteiger partial charge is 0.219 e. The minimum absolute atomic E-state index is 0.0922. The number of hydrogen-bond donors (Lipinski definition) is 1. The van der Waals surface area contributed by atoms with Gasteiger partial charge in [0, 0.05) is 60.6 Å². The van der Waals surface area contributed by atoms with Crippen LogP contribution in [0.1, 0.15) is 55.0 Å². The molecule has 1 heterocycles. The fourth-order valence-corrected chi connectivity index (χ4v) is 5.84. The summed E-state index contributed by atoms with van der Waals surface area (Å²) in [5.41, 5.74) is 11.7. The van der Waals surface area contributed by atoms with E-state index in [0.29, 0.717) is 0 Å². The Morgan fingerprint density at radius 3 is 2.52 bits per heavy atom. The predicted molar refractivity (Wildman–Crippen MR) is 144 cm³/mol. The lowest BCUT2D eigenvalue weighted by Gasteiger charge is -2.38. The number of halogens is 1. The van der Waals surface area contributed by atoms with Crippen LogP contribution >= 0.6 is 15.9 Å². The number of fused-ring (bicyclic) bond motifs is 3. The van der Waals surface area contributed by atoms with Crippen LogP contribution in [-0.4, -0.2) is 32.9 Å². The number of rotatable bonds is 3. The van der Waals surface area contributed by atoms with Gasteiger partial charge in [-0.1, -0.05) is 35.8 Å². The number of nitrogens with one attached hydrogen (secondary N) is 1. The van der Waals surface area contributed by atoms with Crippen LogP contribution in [-0.2, 0) is 11.8 Å². The van der Waals surface area contributed by atoms with E-state index in [1.54, 1.807) is 0 Å². The molecule has 0 amide bonds. The van der Waals surface area contributed by atoms with Crippen molar-refractivity contribution in [2.24, 2.45) is 0 Å². The van der Waals surface area contributed by atoms with Crippen molar-refractivity contribution < 1.29 is 4.99 Å². The highest BCUT2D eigenvalue weighted by molar-refractivity contribution is 9.10. The SMILES string of the molecule is CCN1CCCc2cc3c(cc21)C(C)(C)c1cc(N(C)C)ccc1C3=[NH+]c1cccc(Br)c1. The van der Waals surface area contributed by atoms with E-state index >= 15 is 0 Å². The van der Waals surface area contributed by atoms with Gasteiger partial charge in [-0.25, -0.2) is 4.99 Å². The van der Waals surface area contributed by atoms with Gasteiger partial charge >= 0.3 is 0 Å². The maximum absolute atomic E-state index is 3.81. The molecular weight excluding hydrogens is 470 g/mol. The minimum atomic E-state index is -0.0922. The van der Waals surface area contributed by atoms with Crippen molar-refractivity contribution in [3.8, 4) is 0 Å². The summed E-state index contributed by atoms with van der Waals surface area (Å²) in [6.45, 7) is 9.24. The van der Waals surface area contributed by atoms with Gasteiger partial charge in [-0.05, 0) is 72.9 Å². The second-order valence-corrected chi connectivity index (χ2v) is 10.9. The predicted octanol–water partition coefficient (Wildman–Crippen LogP) is 5.18. The van der Waals surface area contributed by atoms with Gasteiger partial charge in [-0.15, -0.1) is 0 Å². The van der Waals surface area contributed by atoms with Crippen molar-refractivity contribution >= 4 is 38.7 Å². The molecule has 0 aromatic heterocycles. The average Bonchev–Trinajstić information content (AvgIpc) is 2.80. The van der Waals surface area contributed by atoms with E-state index in [4.69, 9.17) is 0 Å². The van der Waals surface area contributed by atoms with E-state index in [2.05, 4.69) is 120 Å². The van der Waals surface area contributed by atoms with Crippen molar-refractivity contribution in [2.45, 2.75) is 39.0 Å². The fraction of sp³-hybridized carbons (Fsp3) is 0.345. The largest absolute Gasteiger partial charge is 0.378 e. The van der Waals surface area contributed by atoms with Crippen LogP contribution in [0.15, 0.2) is 59.1 Å². The van der Waals surface area contributed by atoms with E-state index < -0.39 is 0 Å². The van der Waals surface area contributed by atoms with Crippen LogP contribution in [0.3, 0.4) is 0 Å². The van der Waals surface area contributed by atoms with E-state index in [9.17, 15) is 0 Å². The number of benzene rings is 3. The monoisotopic (exact) mass is 502 g/mol. The zero-order valence-corrected chi connectivity index (χ0v) is 21.9. The number of nitrogens with zero attached hydrogens (tertiary/aromatic N) is 2. The molecule has 4 heteroatoms. The molecule has 0 unspecified atom stereocenters. The third-order valence-corrected chi connectivity index (χ3v) is 7.81. The molecule has 0 spiro atoms. The van der Waals surface area contributed by atoms with Crippen LogP contribution in [0.4, 0.5) is 17.1 Å². The molecule has 1 N–H and O–H groups in total. The van der Waals surface area contributed by atoms with Gasteiger partial charge in [0.25, 0.3) is 0 Å². The van der Waals surface area contributed by atoms with Gasteiger partial charge in [-0.2, -0.15) is 0 Å². The Morgan fingerprint density at radius 1 is 1.00 bits per heavy atom. The first-order valence-corrected chi connectivity index (χ1v) is 12.7. The summed E-state index contributed by atoms with van der Waals surface area (Å²) in [4.78, 5) is 8.55. The Kier molecular flexibility index (Phi) is 5.60. The van der Waals surface area contributed by atoms with Crippen molar-refractivity contribution in [3.63, 3.8) is 0 Å². The maximum Gasteiger partial charge on any atom is 0.219 e. The number of aryl methyl sites for hydroxylation is 1. The summed E-state index contributed by atoms with van der Waals surface area (Å²) in [6, 6.07) is 20.3. The lowest BCUT2D eigenvalue weighted by Crippen LogP contribution is -2.68. The zero-order chi connectivity index (χ0) is 23.3. The summed E-state index contributed by atoms with van der Waals surface area (Å²) in [5.74, 6) is 0. The van der Waals surface area contributed by atoms with Gasteiger partial charge < -0.3 is 9.80 Å². The topological polar surface area (TPSA) is 20.5 Å². The summed E-state index contributed by atoms with van der Waals surface area (Å²) in [6.07, 6.45) is 2.37. The second-order valence-electron chi connectivity index (χ2n) is 9.97. The Bertz CT molecular complexity index is 1260. The quantitative estimate of drug-likeness (QED) is 0.532. The molecule has 0 atom stereocenters. The number of hydrogen-bond acceptors (Lipinski definition) is 2. The van der Waals surface area contributed by atoms with Gasteiger partial charge in [0.1, 0.15) is 0 Å². The molecule has 170 valence electrons. The summed E-state index contributed by atoms with van der Waals surface area (Å²) >= 11 is 3.64. The first kappa shape index (κ1) is 22.2. The van der Waals surface area contributed by atoms with E-state index in [-0.39, 0.29) is 5.41 Å². The van der Waals surface area contributed by atoms with Crippen molar-refractivity contribution in [3.05, 3.63) is 86.9 Å². The number of anilines is 2. The van der Waals surface area contributed by atoms with Crippen LogP contribution in [0, 0.1) is 0 Å². The lowest BCUT2D eigenvalue weighted by atomic mass is 9.67. The highest BCUT2D eigenvalue weighted by atomic mass is 79.9. The molecule has 0 radical (unpaired) electrons. The van der Waals surface area contributed by atoms with E-state index in [1.165, 1.54) is 51.3 Å². The van der Waals surface area contributed by atoms with Crippen molar-refractivity contribution in [1.82, 2.24) is 0 Å². The Morgan fingerprint density at radius 2 is 1.79 bits per heavy atom. The first-order valence-electron chi connectivity index (χ1n) is 11.9. The minimum Gasteiger partial charge on any atom is -0.378 e. The maximum atomic E-state index is 3.81. The summed E-state index contributed by atoms with van der Waals surface area (Å²) in [7, 11) is 4.23. The normalized spacial score (nSPS) is 17.4. The fourth-order valence-electron chi connectivity index (χ4n) is 5.44. The van der Waals surface area contributed by atoms with Crippen LogP contribution < -0.4 is 14.8 Å². The molecule has 2 aliphatic rings. The molecule has 1 aliphatic carbocycles. The van der Waals surface area contributed by atoms with Crippen molar-refractivity contribution in [1.29, 1.82) is 0 Å². The zero-order valence-electron chi connectivity index (χ0n) is 20.3. The highest BCUT2D eigenvalue weighted by Gasteiger charge is 2.40. The van der Waals surface area contributed by atoms with E-state index in [1.807, 2.05) is 0 Å². The molecule has 5 rings (SSSR count). The first-order chi connectivity index (χ1) is 15.8. The van der Waals surface area contributed by atoms with Gasteiger partial charge in [0.15, 0.2) is 0 Å². The Labute approximate surface area is 206 Å². The lowest BCUT2D eigenvalue weighted by molar-refractivity contribution is -0.352. The van der Waals surface area contributed by atoms with Gasteiger partial charge in [0.05, 0.1) is 11.1 Å². The van der Waals surface area contributed by atoms with Crippen molar-refractivity contribution in [2.75, 3.05) is 37.0 Å². The Hall–Kier alpha value is -2.59. The molecular formula is C29H33BrN3+. The van der Waals surface area contributed by atoms with Crippen LogP contribution in [0.2, 0.25) is 0 Å². The third-order valence-electron chi connectivity index (χ3n) is 7.31. The third kappa shape index (κ3) is 3.78. The molecule has 3 aromatic rings. The molecule has 0 saturated carbocycles. The molecule has 33 heavy (non-hydrogen) atoms. The highest BCUT2D eigenvalue weighted by Crippen LogP contribution is 2.45. The summed E-state index contributed by atoms with van der Waals surface area (Å²) in [5, 5.41) is 0. The Balaban J connectivity index is 1.80. The average molecular weight is 504 g/mol. The molecule has 0 fully saturated rings. The molecule has 0 saturated heterocycles. The van der Waals surface area contributed by atoms with Gasteiger partial charge in [0.2, 0.25) is 11.4 Å². The standard InChI is InChI=1S/C29H32BrN3/c1-6-33-14-8-9-19-15-24-26(18-27(19)33)29(2,3)25-17-22(32(4)5)12-13-23(25)28(24)31-21-11-7-10-20(30)16-21/h7,10-13,15-18H,6,8-9,14H2,1-5H3/p+1. The second kappa shape index (κ2) is 8.32. The molecule has 1 aliphatic heterocycles. The molecule has 3 aromatic carbocycles. The van der Waals surface area contributed by atoms with E-state index in [0.717, 1.165) is 29.7 Å². The van der Waals surface area contributed by atoms with Crippen LogP contribution in [0.5, 0.6) is 0 Å². The van der Waals surface area contributed by atoms with Gasteiger partial charge in [-0.3, -0.25) is 0 Å². The van der Waals surface area contributed by atoms with Crippen LogP contribution in [0.25, 0.3) is 0 Å². The molecule has 3 nitrogen and oxygen atoms in total. The molecule has 0 bridgehead atoms. The summed E-state index contributed by atoms with van der Waals surface area (Å²) < 4.78 is 1.08.